The highest BCUT2D eigenvalue weighted by atomic mass is 16.5. The van der Waals surface area contributed by atoms with Crippen LogP contribution in [0.3, 0.4) is 0 Å². The van der Waals surface area contributed by atoms with E-state index in [2.05, 4.69) is 22.0 Å². The predicted molar refractivity (Wildman–Crippen MR) is 61.0 cm³/mol. The lowest BCUT2D eigenvalue weighted by molar-refractivity contribution is 0.148. The van der Waals surface area contributed by atoms with Crippen LogP contribution in [0.5, 0.6) is 0 Å². The van der Waals surface area contributed by atoms with Gasteiger partial charge in [-0.25, -0.2) is 0 Å². The maximum atomic E-state index is 5.93. The Morgan fingerprint density at radius 1 is 1.56 bits per heavy atom. The summed E-state index contributed by atoms with van der Waals surface area (Å²) in [5, 5.41) is 3.90. The molecule has 5 heteroatoms. The molecule has 2 N–H and O–H groups in total. The Hall–Kier alpha value is -0.940. The summed E-state index contributed by atoms with van der Waals surface area (Å²) in [6.07, 6.45) is 3.04. The van der Waals surface area contributed by atoms with Crippen LogP contribution in [0.2, 0.25) is 0 Å². The van der Waals surface area contributed by atoms with Gasteiger partial charge in [0.25, 0.3) is 0 Å². The third kappa shape index (κ3) is 2.80. The van der Waals surface area contributed by atoms with Crippen molar-refractivity contribution in [2.75, 3.05) is 13.1 Å². The van der Waals surface area contributed by atoms with Crippen molar-refractivity contribution in [2.24, 2.45) is 5.73 Å². The molecule has 1 aliphatic heterocycles. The minimum absolute atomic E-state index is 0.374. The number of rotatable bonds is 3. The summed E-state index contributed by atoms with van der Waals surface area (Å²) >= 11 is 0. The fourth-order valence-corrected chi connectivity index (χ4v) is 2.28. The van der Waals surface area contributed by atoms with Crippen molar-refractivity contribution in [3.63, 3.8) is 0 Å². The molecule has 16 heavy (non-hydrogen) atoms. The van der Waals surface area contributed by atoms with E-state index < -0.39 is 0 Å². The highest BCUT2D eigenvalue weighted by Crippen LogP contribution is 2.15. The van der Waals surface area contributed by atoms with Gasteiger partial charge < -0.3 is 15.2 Å². The molecule has 0 spiro atoms. The number of nitrogens with zero attached hydrogens (tertiary/aromatic N) is 3. The van der Waals surface area contributed by atoms with Crippen molar-refractivity contribution in [3.8, 4) is 0 Å². The number of aromatic nitrogens is 2. The first-order valence-corrected chi connectivity index (χ1v) is 5.94. The summed E-state index contributed by atoms with van der Waals surface area (Å²) in [6, 6.07) is 0.940. The lowest BCUT2D eigenvalue weighted by atomic mass is 9.99. The average Bonchev–Trinajstić information content (AvgIpc) is 2.63. The van der Waals surface area contributed by atoms with Gasteiger partial charge in [0.05, 0.1) is 0 Å². The zero-order chi connectivity index (χ0) is 11.5. The quantitative estimate of drug-likeness (QED) is 0.820. The second kappa shape index (κ2) is 4.93. The van der Waals surface area contributed by atoms with Crippen molar-refractivity contribution < 1.29 is 4.52 Å². The van der Waals surface area contributed by atoms with Crippen LogP contribution in [0.15, 0.2) is 4.52 Å². The average molecular weight is 224 g/mol. The summed E-state index contributed by atoms with van der Waals surface area (Å²) < 4.78 is 4.95. The van der Waals surface area contributed by atoms with Crippen molar-refractivity contribution in [3.05, 3.63) is 11.7 Å². The summed E-state index contributed by atoms with van der Waals surface area (Å²) in [5.41, 5.74) is 5.93. The maximum absolute atomic E-state index is 5.93. The Morgan fingerprint density at radius 2 is 2.38 bits per heavy atom. The van der Waals surface area contributed by atoms with E-state index in [1.165, 1.54) is 0 Å². The Bertz CT molecular complexity index is 338. The molecule has 5 nitrogen and oxygen atoms in total. The SMILES string of the molecule is Cc1nc(CCN2CCC(N)CC2C)no1. The van der Waals surface area contributed by atoms with E-state index >= 15 is 0 Å². The van der Waals surface area contributed by atoms with E-state index in [0.29, 0.717) is 18.0 Å². The molecule has 0 saturated carbocycles. The van der Waals surface area contributed by atoms with Crippen LogP contribution >= 0.6 is 0 Å². The third-order valence-electron chi connectivity index (χ3n) is 3.25. The van der Waals surface area contributed by atoms with E-state index in [4.69, 9.17) is 10.3 Å². The molecule has 90 valence electrons. The standard InChI is InChI=1S/C11H20N4O/c1-8-7-10(12)3-5-15(8)6-4-11-13-9(2)16-14-11/h8,10H,3-7,12H2,1-2H3. The van der Waals surface area contributed by atoms with E-state index in [9.17, 15) is 0 Å². The molecule has 2 atom stereocenters. The molecule has 0 radical (unpaired) electrons. The Kier molecular flexibility index (Phi) is 3.56. The fourth-order valence-electron chi connectivity index (χ4n) is 2.28. The number of nitrogens with two attached hydrogens (primary N) is 1. The van der Waals surface area contributed by atoms with Crippen LogP contribution in [-0.4, -0.2) is 40.2 Å². The first-order chi connectivity index (χ1) is 7.65. The Balaban J connectivity index is 1.81. The minimum Gasteiger partial charge on any atom is -0.340 e. The highest BCUT2D eigenvalue weighted by molar-refractivity contribution is 4.87. The van der Waals surface area contributed by atoms with E-state index in [-0.39, 0.29) is 0 Å². The monoisotopic (exact) mass is 224 g/mol. The molecule has 1 aliphatic rings. The van der Waals surface area contributed by atoms with Gasteiger partial charge in [0.15, 0.2) is 5.82 Å². The van der Waals surface area contributed by atoms with E-state index in [0.717, 1.165) is 38.2 Å². The number of hydrogen-bond acceptors (Lipinski definition) is 5. The number of aryl methyl sites for hydroxylation is 1. The molecular weight excluding hydrogens is 204 g/mol. The second-order valence-electron chi connectivity index (χ2n) is 4.65. The largest absolute Gasteiger partial charge is 0.340 e. The van der Waals surface area contributed by atoms with E-state index in [1.54, 1.807) is 0 Å². The molecule has 1 aromatic heterocycles. The van der Waals surface area contributed by atoms with Crippen LogP contribution in [-0.2, 0) is 6.42 Å². The zero-order valence-corrected chi connectivity index (χ0v) is 10.0. The number of piperidine rings is 1. The normalized spacial score (nSPS) is 27.2. The summed E-state index contributed by atoms with van der Waals surface area (Å²) in [5.74, 6) is 1.45. The van der Waals surface area contributed by atoms with Gasteiger partial charge in [-0.1, -0.05) is 5.16 Å². The van der Waals surface area contributed by atoms with Gasteiger partial charge in [-0.3, -0.25) is 0 Å². The van der Waals surface area contributed by atoms with Gasteiger partial charge in [-0.05, 0) is 26.3 Å². The molecule has 2 heterocycles. The maximum Gasteiger partial charge on any atom is 0.223 e. The van der Waals surface area contributed by atoms with Gasteiger partial charge in [0.2, 0.25) is 5.89 Å². The van der Waals surface area contributed by atoms with Crippen molar-refractivity contribution >= 4 is 0 Å². The summed E-state index contributed by atoms with van der Waals surface area (Å²) in [4.78, 5) is 6.66. The first-order valence-electron chi connectivity index (χ1n) is 5.94. The first kappa shape index (κ1) is 11.5. The molecule has 2 rings (SSSR count). The summed E-state index contributed by atoms with van der Waals surface area (Å²) in [7, 11) is 0. The second-order valence-corrected chi connectivity index (χ2v) is 4.65. The van der Waals surface area contributed by atoms with Crippen molar-refractivity contribution in [1.29, 1.82) is 0 Å². The lowest BCUT2D eigenvalue weighted by Gasteiger charge is -2.36. The van der Waals surface area contributed by atoms with Crippen LogP contribution in [0.4, 0.5) is 0 Å². The Morgan fingerprint density at radius 3 is 3.00 bits per heavy atom. The van der Waals surface area contributed by atoms with Crippen LogP contribution < -0.4 is 5.73 Å². The summed E-state index contributed by atoms with van der Waals surface area (Å²) in [6.45, 7) is 6.13. The smallest absolute Gasteiger partial charge is 0.223 e. The molecule has 1 fully saturated rings. The topological polar surface area (TPSA) is 68.2 Å². The van der Waals surface area contributed by atoms with Crippen molar-refractivity contribution in [2.45, 2.75) is 45.2 Å². The van der Waals surface area contributed by atoms with Gasteiger partial charge >= 0.3 is 0 Å². The molecule has 0 bridgehead atoms. The lowest BCUT2D eigenvalue weighted by Crippen LogP contribution is -2.46. The van der Waals surface area contributed by atoms with Crippen LogP contribution in [0.25, 0.3) is 0 Å². The van der Waals surface area contributed by atoms with Crippen LogP contribution in [0.1, 0.15) is 31.5 Å². The molecule has 1 aromatic rings. The molecule has 0 amide bonds. The molecule has 1 saturated heterocycles. The molecular formula is C11H20N4O. The van der Waals surface area contributed by atoms with Crippen LogP contribution in [0, 0.1) is 6.92 Å². The molecule has 2 unspecified atom stereocenters. The Labute approximate surface area is 96.0 Å². The fraction of sp³-hybridized carbons (Fsp3) is 0.818. The number of likely N-dealkylation sites (tertiary alicyclic amines) is 1. The predicted octanol–water partition coefficient (Wildman–Crippen LogP) is 0.732. The number of hydrogen-bond donors (Lipinski definition) is 1. The van der Waals surface area contributed by atoms with Gasteiger partial charge in [0, 0.05) is 32.0 Å². The zero-order valence-electron chi connectivity index (χ0n) is 10.0. The van der Waals surface area contributed by atoms with Gasteiger partial charge in [0.1, 0.15) is 0 Å². The molecule has 0 aromatic carbocycles. The highest BCUT2D eigenvalue weighted by Gasteiger charge is 2.22. The van der Waals surface area contributed by atoms with Crippen molar-refractivity contribution in [1.82, 2.24) is 15.0 Å². The third-order valence-corrected chi connectivity index (χ3v) is 3.25. The van der Waals surface area contributed by atoms with Gasteiger partial charge in [-0.15, -0.1) is 0 Å². The van der Waals surface area contributed by atoms with Gasteiger partial charge in [-0.2, -0.15) is 4.98 Å². The molecule has 0 aliphatic carbocycles. The minimum atomic E-state index is 0.374. The van der Waals surface area contributed by atoms with E-state index in [1.807, 2.05) is 6.92 Å².